The molecule has 7 heteroatoms. The molecule has 1 aliphatic carbocycles. The first-order chi connectivity index (χ1) is 12.5. The number of halogens is 1. The first kappa shape index (κ1) is 18.1. The SMILES string of the molecule is CCOC(=O)C1(C#N)C(c2ccc(Br)cc2)C1c1ccc([N+](=O)[O-])cc1. The average molecular weight is 415 g/mol. The molecule has 3 unspecified atom stereocenters. The van der Waals surface area contributed by atoms with Crippen LogP contribution in [0.5, 0.6) is 0 Å². The molecular formula is C19H15BrN2O4. The Morgan fingerprint density at radius 1 is 1.19 bits per heavy atom. The highest BCUT2D eigenvalue weighted by atomic mass is 79.9. The van der Waals surface area contributed by atoms with Crippen molar-refractivity contribution in [2.24, 2.45) is 5.41 Å². The highest BCUT2D eigenvalue weighted by molar-refractivity contribution is 9.10. The summed E-state index contributed by atoms with van der Waals surface area (Å²) in [5, 5.41) is 20.7. The van der Waals surface area contributed by atoms with Crippen LogP contribution in [-0.4, -0.2) is 17.5 Å². The van der Waals surface area contributed by atoms with Crippen molar-refractivity contribution in [2.45, 2.75) is 18.8 Å². The van der Waals surface area contributed by atoms with Crippen LogP contribution in [0.15, 0.2) is 53.0 Å². The monoisotopic (exact) mass is 414 g/mol. The van der Waals surface area contributed by atoms with Crippen LogP contribution >= 0.6 is 15.9 Å². The van der Waals surface area contributed by atoms with E-state index in [1.54, 1.807) is 19.1 Å². The lowest BCUT2D eigenvalue weighted by Crippen LogP contribution is -2.20. The van der Waals surface area contributed by atoms with E-state index in [0.717, 1.165) is 10.0 Å². The number of nitro groups is 1. The minimum atomic E-state index is -1.32. The van der Waals surface area contributed by atoms with Crippen molar-refractivity contribution in [1.82, 2.24) is 0 Å². The van der Waals surface area contributed by atoms with Gasteiger partial charge in [-0.1, -0.05) is 40.2 Å². The van der Waals surface area contributed by atoms with E-state index in [1.807, 2.05) is 24.3 Å². The van der Waals surface area contributed by atoms with Gasteiger partial charge in [-0.25, -0.2) is 0 Å². The number of rotatable bonds is 5. The molecule has 6 nitrogen and oxygen atoms in total. The summed E-state index contributed by atoms with van der Waals surface area (Å²) in [6, 6.07) is 15.6. The van der Waals surface area contributed by atoms with Gasteiger partial charge in [0, 0.05) is 28.4 Å². The number of carbonyl (C=O) groups is 1. The first-order valence-corrected chi connectivity index (χ1v) is 8.83. The van der Waals surface area contributed by atoms with E-state index in [9.17, 15) is 20.2 Å². The third kappa shape index (κ3) is 2.86. The normalized spacial score (nSPS) is 23.7. The maximum absolute atomic E-state index is 12.6. The van der Waals surface area contributed by atoms with E-state index in [-0.39, 0.29) is 18.2 Å². The molecule has 0 aromatic heterocycles. The number of nitro benzene ring substituents is 1. The lowest BCUT2D eigenvalue weighted by molar-refractivity contribution is -0.384. The molecule has 1 aliphatic rings. The molecule has 0 radical (unpaired) electrons. The van der Waals surface area contributed by atoms with E-state index in [0.29, 0.717) is 5.56 Å². The molecule has 1 fully saturated rings. The summed E-state index contributed by atoms with van der Waals surface area (Å²) in [6.07, 6.45) is 0. The minimum Gasteiger partial charge on any atom is -0.465 e. The van der Waals surface area contributed by atoms with Gasteiger partial charge in [-0.3, -0.25) is 14.9 Å². The molecule has 0 saturated heterocycles. The molecule has 0 heterocycles. The van der Waals surface area contributed by atoms with Crippen molar-refractivity contribution in [3.05, 3.63) is 74.2 Å². The van der Waals surface area contributed by atoms with Crippen molar-refractivity contribution in [3.63, 3.8) is 0 Å². The number of non-ortho nitro benzene ring substituents is 1. The van der Waals surface area contributed by atoms with Crippen LogP contribution in [-0.2, 0) is 9.53 Å². The maximum Gasteiger partial charge on any atom is 0.327 e. The average Bonchev–Trinajstić information content (AvgIpc) is 3.33. The van der Waals surface area contributed by atoms with Gasteiger partial charge >= 0.3 is 5.97 Å². The molecule has 132 valence electrons. The molecule has 3 atom stereocenters. The van der Waals surface area contributed by atoms with E-state index in [1.165, 1.54) is 12.1 Å². The quantitative estimate of drug-likeness (QED) is 0.412. The number of hydrogen-bond donors (Lipinski definition) is 0. The lowest BCUT2D eigenvalue weighted by atomic mass is 9.99. The van der Waals surface area contributed by atoms with Crippen LogP contribution in [0.25, 0.3) is 0 Å². The number of hydrogen-bond acceptors (Lipinski definition) is 5. The largest absolute Gasteiger partial charge is 0.465 e. The second-order valence-corrected chi connectivity index (χ2v) is 6.97. The van der Waals surface area contributed by atoms with Gasteiger partial charge in [-0.15, -0.1) is 0 Å². The van der Waals surface area contributed by atoms with Crippen LogP contribution in [0.3, 0.4) is 0 Å². The predicted octanol–water partition coefficient (Wildman–Crippen LogP) is 4.31. The first-order valence-electron chi connectivity index (χ1n) is 8.04. The zero-order valence-electron chi connectivity index (χ0n) is 13.9. The topological polar surface area (TPSA) is 93.2 Å². The van der Waals surface area contributed by atoms with Crippen molar-refractivity contribution in [2.75, 3.05) is 6.61 Å². The van der Waals surface area contributed by atoms with E-state index < -0.39 is 22.2 Å². The van der Waals surface area contributed by atoms with Crippen molar-refractivity contribution >= 4 is 27.6 Å². The Bertz CT molecular complexity index is 889. The zero-order valence-corrected chi connectivity index (χ0v) is 15.5. The number of ether oxygens (including phenoxy) is 1. The standard InChI is InChI=1S/C19H15BrN2O4/c1-2-26-18(23)19(11-21)16(12-3-7-14(20)8-4-12)17(19)13-5-9-15(10-6-13)22(24)25/h3-10,16-17H,2H2,1H3. The Kier molecular flexibility index (Phi) is 4.79. The van der Waals surface area contributed by atoms with Gasteiger partial charge in [0.25, 0.3) is 5.69 Å². The molecule has 2 aromatic rings. The lowest BCUT2D eigenvalue weighted by Gasteiger charge is -2.08. The fourth-order valence-corrected chi connectivity index (χ4v) is 3.73. The molecule has 2 aromatic carbocycles. The Morgan fingerprint density at radius 2 is 1.69 bits per heavy atom. The molecular weight excluding hydrogens is 400 g/mol. The highest BCUT2D eigenvalue weighted by Crippen LogP contribution is 2.70. The smallest absolute Gasteiger partial charge is 0.327 e. The third-order valence-electron chi connectivity index (χ3n) is 4.70. The van der Waals surface area contributed by atoms with E-state index >= 15 is 0 Å². The summed E-state index contributed by atoms with van der Waals surface area (Å²) >= 11 is 3.38. The Labute approximate surface area is 158 Å². The fraction of sp³-hybridized carbons (Fsp3) is 0.263. The maximum atomic E-state index is 12.6. The van der Waals surface area contributed by atoms with Crippen molar-refractivity contribution in [3.8, 4) is 6.07 Å². The minimum absolute atomic E-state index is 0.0340. The number of nitrogens with zero attached hydrogens (tertiary/aromatic N) is 2. The Morgan fingerprint density at radius 3 is 2.12 bits per heavy atom. The van der Waals surface area contributed by atoms with Crippen LogP contribution in [0.4, 0.5) is 5.69 Å². The predicted molar refractivity (Wildman–Crippen MR) is 97.4 cm³/mol. The van der Waals surface area contributed by atoms with Crippen LogP contribution in [0, 0.1) is 26.9 Å². The van der Waals surface area contributed by atoms with Gasteiger partial charge in [0.05, 0.1) is 17.6 Å². The summed E-state index contributed by atoms with van der Waals surface area (Å²) in [4.78, 5) is 23.0. The number of carbonyl (C=O) groups excluding carboxylic acids is 1. The second-order valence-electron chi connectivity index (χ2n) is 6.06. The second kappa shape index (κ2) is 6.89. The van der Waals surface area contributed by atoms with Crippen molar-refractivity contribution < 1.29 is 14.5 Å². The van der Waals surface area contributed by atoms with Gasteiger partial charge in [-0.05, 0) is 30.2 Å². The van der Waals surface area contributed by atoms with Gasteiger partial charge in [-0.2, -0.15) is 5.26 Å². The molecule has 3 rings (SSSR count). The molecule has 0 aliphatic heterocycles. The van der Waals surface area contributed by atoms with Gasteiger partial charge in [0.1, 0.15) is 0 Å². The molecule has 26 heavy (non-hydrogen) atoms. The number of esters is 1. The molecule has 1 saturated carbocycles. The summed E-state index contributed by atoms with van der Waals surface area (Å²) in [7, 11) is 0. The summed E-state index contributed by atoms with van der Waals surface area (Å²) < 4.78 is 6.07. The van der Waals surface area contributed by atoms with Crippen LogP contribution in [0.1, 0.15) is 29.9 Å². The van der Waals surface area contributed by atoms with Gasteiger partial charge in [0.15, 0.2) is 5.41 Å². The summed E-state index contributed by atoms with van der Waals surface area (Å²) in [5.41, 5.74) is 0.206. The fourth-order valence-electron chi connectivity index (χ4n) is 3.46. The molecule has 0 amide bonds. The number of benzene rings is 2. The van der Waals surface area contributed by atoms with Gasteiger partial charge < -0.3 is 4.74 Å². The molecule has 0 N–H and O–H groups in total. The van der Waals surface area contributed by atoms with E-state index in [4.69, 9.17) is 4.74 Å². The number of nitriles is 1. The zero-order chi connectivity index (χ0) is 18.9. The Hall–Kier alpha value is -2.72. The Balaban J connectivity index is 2.04. The van der Waals surface area contributed by atoms with Crippen LogP contribution < -0.4 is 0 Å². The van der Waals surface area contributed by atoms with Crippen LogP contribution in [0.2, 0.25) is 0 Å². The van der Waals surface area contributed by atoms with Gasteiger partial charge in [0.2, 0.25) is 0 Å². The molecule has 0 bridgehead atoms. The third-order valence-corrected chi connectivity index (χ3v) is 5.22. The van der Waals surface area contributed by atoms with Crippen molar-refractivity contribution in [1.29, 1.82) is 5.26 Å². The highest BCUT2D eigenvalue weighted by Gasteiger charge is 2.72. The molecule has 0 spiro atoms. The summed E-state index contributed by atoms with van der Waals surface area (Å²) in [5.74, 6) is -1.33. The van der Waals surface area contributed by atoms with E-state index in [2.05, 4.69) is 22.0 Å². The summed E-state index contributed by atoms with van der Waals surface area (Å²) in [6.45, 7) is 1.88.